The fraction of sp³-hybridized carbons (Fsp3) is 0.0909. The van der Waals surface area contributed by atoms with Crippen LogP contribution in [0.15, 0.2) is 140 Å². The Labute approximate surface area is 229 Å². The summed E-state index contributed by atoms with van der Waals surface area (Å²) in [4.78, 5) is 0. The number of hydrogen-bond acceptors (Lipinski definition) is 0. The predicted molar refractivity (Wildman–Crippen MR) is 150 cm³/mol. The Morgan fingerprint density at radius 1 is 0.400 bits per heavy atom. The largest absolute Gasteiger partial charge is 0.416 e. The molecule has 0 radical (unpaired) electrons. The fourth-order valence-corrected chi connectivity index (χ4v) is 10.2. The second kappa shape index (κ2) is 10.9. The summed E-state index contributed by atoms with van der Waals surface area (Å²) in [7, 11) is -2.99. The number of rotatable bonds is 6. The molecule has 0 saturated carbocycles. The molecule has 0 heterocycles. The molecule has 0 nitrogen and oxygen atoms in total. The van der Waals surface area contributed by atoms with E-state index in [1.807, 2.05) is 91.0 Å². The average Bonchev–Trinajstić information content (AvgIpc) is 2.96. The van der Waals surface area contributed by atoms with Crippen LogP contribution in [-0.4, -0.2) is 0 Å². The van der Waals surface area contributed by atoms with Gasteiger partial charge in [0.05, 0.1) is 11.1 Å². The highest BCUT2D eigenvalue weighted by molar-refractivity contribution is 7.96. The number of benzene rings is 5. The molecule has 0 unspecified atom stereocenters. The van der Waals surface area contributed by atoms with Gasteiger partial charge in [-0.1, -0.05) is 78.9 Å². The van der Waals surface area contributed by atoms with E-state index in [1.54, 1.807) is 12.1 Å². The Hall–Kier alpha value is -3.89. The van der Waals surface area contributed by atoms with Gasteiger partial charge >= 0.3 is 12.4 Å². The van der Waals surface area contributed by atoms with Crippen LogP contribution in [0.5, 0.6) is 0 Å². The first-order chi connectivity index (χ1) is 19.1. The van der Waals surface area contributed by atoms with Gasteiger partial charge in [0.1, 0.15) is 28.8 Å². The van der Waals surface area contributed by atoms with E-state index in [2.05, 4.69) is 0 Å². The van der Waals surface area contributed by atoms with Crippen molar-refractivity contribution in [2.24, 2.45) is 0 Å². The van der Waals surface area contributed by atoms with E-state index in [9.17, 15) is 26.3 Å². The monoisotopic (exact) mass is 565 g/mol. The van der Waals surface area contributed by atoms with Gasteiger partial charge in [0, 0.05) is 0 Å². The zero-order chi connectivity index (χ0) is 28.4. The first-order valence-corrected chi connectivity index (χ1v) is 14.4. The standard InChI is InChI=1S/C33H24F6P/c34-32(35,36)26-14-10-12-24(22-26)31(25-13-11-15-27(23-25)33(37,38)39)40(28-16-4-1-5-17-28,29-18-6-2-7-19-29)30-20-8-3-9-21-30/h1-23,31H/q+1. The lowest BCUT2D eigenvalue weighted by molar-refractivity contribution is -0.138. The summed E-state index contributed by atoms with van der Waals surface area (Å²) in [6.45, 7) is 0. The minimum absolute atomic E-state index is 0.291. The van der Waals surface area contributed by atoms with E-state index in [-0.39, 0.29) is 0 Å². The average molecular weight is 566 g/mol. The molecule has 7 heteroatoms. The van der Waals surface area contributed by atoms with Crippen molar-refractivity contribution in [3.8, 4) is 0 Å². The lowest BCUT2D eigenvalue weighted by atomic mass is 10.00. The third kappa shape index (κ3) is 5.29. The fourth-order valence-electron chi connectivity index (χ4n) is 5.29. The molecule has 0 saturated heterocycles. The maximum absolute atomic E-state index is 14.0. The topological polar surface area (TPSA) is 0 Å². The van der Waals surface area contributed by atoms with Crippen LogP contribution in [0.1, 0.15) is 27.9 Å². The molecule has 0 amide bonds. The SMILES string of the molecule is FC(F)(F)c1cccc(C(c2cccc(C(F)(F)F)c2)[P+](c2ccccc2)(c2ccccc2)c2ccccc2)c1. The minimum atomic E-state index is -4.62. The van der Waals surface area contributed by atoms with E-state index in [1.165, 1.54) is 12.1 Å². The van der Waals surface area contributed by atoms with E-state index in [0.717, 1.165) is 40.2 Å². The van der Waals surface area contributed by atoms with Crippen molar-refractivity contribution in [2.45, 2.75) is 18.0 Å². The molecule has 0 aliphatic carbocycles. The van der Waals surface area contributed by atoms with Crippen LogP contribution in [0.3, 0.4) is 0 Å². The van der Waals surface area contributed by atoms with Gasteiger partial charge in [0.15, 0.2) is 0 Å². The maximum atomic E-state index is 14.0. The summed E-state index contributed by atoms with van der Waals surface area (Å²) in [5, 5.41) is 2.52. The smallest absolute Gasteiger partial charge is 0.166 e. The van der Waals surface area contributed by atoms with Crippen LogP contribution in [0.2, 0.25) is 0 Å². The van der Waals surface area contributed by atoms with Gasteiger partial charge in [-0.05, 0) is 71.8 Å². The highest BCUT2D eigenvalue weighted by atomic mass is 31.2. The van der Waals surface area contributed by atoms with Crippen LogP contribution < -0.4 is 15.9 Å². The quantitative estimate of drug-likeness (QED) is 0.143. The zero-order valence-electron chi connectivity index (χ0n) is 21.1. The summed E-state index contributed by atoms with van der Waals surface area (Å²) in [5.74, 6) is 0. The zero-order valence-corrected chi connectivity index (χ0v) is 22.0. The molecule has 0 N–H and O–H groups in total. The molecule has 202 valence electrons. The molecule has 0 aromatic heterocycles. The van der Waals surface area contributed by atoms with Gasteiger partial charge in [-0.25, -0.2) is 0 Å². The van der Waals surface area contributed by atoms with Crippen molar-refractivity contribution in [1.82, 2.24) is 0 Å². The van der Waals surface area contributed by atoms with Crippen LogP contribution in [0, 0.1) is 0 Å². The molecule has 40 heavy (non-hydrogen) atoms. The molecule has 0 atom stereocenters. The number of alkyl halides is 6. The number of halogens is 6. The molecule has 0 aliphatic heterocycles. The van der Waals surface area contributed by atoms with Crippen LogP contribution in [0.4, 0.5) is 26.3 Å². The van der Waals surface area contributed by atoms with Crippen molar-refractivity contribution in [3.05, 3.63) is 162 Å². The second-order valence-corrected chi connectivity index (χ2v) is 12.9. The van der Waals surface area contributed by atoms with E-state index < -0.39 is 36.4 Å². The van der Waals surface area contributed by atoms with Gasteiger partial charge in [-0.15, -0.1) is 0 Å². The van der Waals surface area contributed by atoms with Crippen molar-refractivity contribution in [1.29, 1.82) is 0 Å². The Balaban J connectivity index is 1.96. The Morgan fingerprint density at radius 2 is 0.725 bits per heavy atom. The van der Waals surface area contributed by atoms with Gasteiger partial charge < -0.3 is 0 Å². The lowest BCUT2D eigenvalue weighted by Gasteiger charge is -2.36. The lowest BCUT2D eigenvalue weighted by Crippen LogP contribution is -2.36. The van der Waals surface area contributed by atoms with E-state index in [4.69, 9.17) is 0 Å². The first kappa shape index (κ1) is 27.7. The molecule has 0 fully saturated rings. The molecular weight excluding hydrogens is 541 g/mol. The Morgan fingerprint density at radius 3 is 1.02 bits per heavy atom. The van der Waals surface area contributed by atoms with Gasteiger partial charge in [0.25, 0.3) is 0 Å². The minimum Gasteiger partial charge on any atom is -0.166 e. The molecule has 5 rings (SSSR count). The molecular formula is C33H24F6P+. The van der Waals surface area contributed by atoms with Crippen molar-refractivity contribution < 1.29 is 26.3 Å². The summed E-state index contributed by atoms with van der Waals surface area (Å²) in [5.41, 5.74) is -1.98. The predicted octanol–water partition coefficient (Wildman–Crippen LogP) is 8.81. The summed E-state index contributed by atoms with van der Waals surface area (Å²) >= 11 is 0. The first-order valence-electron chi connectivity index (χ1n) is 12.5. The van der Waals surface area contributed by atoms with Crippen LogP contribution in [0.25, 0.3) is 0 Å². The van der Waals surface area contributed by atoms with Gasteiger partial charge in [0.2, 0.25) is 0 Å². The molecule has 5 aromatic carbocycles. The van der Waals surface area contributed by atoms with Crippen molar-refractivity contribution >= 4 is 23.2 Å². The molecule has 0 bridgehead atoms. The maximum Gasteiger partial charge on any atom is 0.416 e. The summed E-state index contributed by atoms with van der Waals surface area (Å²) in [6.07, 6.45) is -9.25. The van der Waals surface area contributed by atoms with Gasteiger partial charge in [-0.3, -0.25) is 0 Å². The molecule has 0 aliphatic rings. The van der Waals surface area contributed by atoms with Crippen molar-refractivity contribution in [3.63, 3.8) is 0 Å². The third-order valence-electron chi connectivity index (χ3n) is 6.94. The highest BCUT2D eigenvalue weighted by Crippen LogP contribution is 2.69. The van der Waals surface area contributed by atoms with E-state index >= 15 is 0 Å². The van der Waals surface area contributed by atoms with E-state index in [0.29, 0.717) is 11.1 Å². The molecule has 0 spiro atoms. The summed E-state index contributed by atoms with van der Waals surface area (Å²) in [6, 6.07) is 38.1. The Kier molecular flexibility index (Phi) is 7.57. The third-order valence-corrected chi connectivity index (χ3v) is 11.6. The normalized spacial score (nSPS) is 12.5. The number of hydrogen-bond donors (Lipinski definition) is 0. The highest BCUT2D eigenvalue weighted by Gasteiger charge is 2.54. The molecule has 5 aromatic rings. The Bertz CT molecular complexity index is 1410. The second-order valence-electron chi connectivity index (χ2n) is 9.38. The van der Waals surface area contributed by atoms with Crippen LogP contribution >= 0.6 is 7.26 Å². The summed E-state index contributed by atoms with van der Waals surface area (Å²) < 4.78 is 83.9. The van der Waals surface area contributed by atoms with Gasteiger partial charge in [-0.2, -0.15) is 26.3 Å². The van der Waals surface area contributed by atoms with Crippen LogP contribution in [-0.2, 0) is 12.4 Å². The van der Waals surface area contributed by atoms with Crippen molar-refractivity contribution in [2.75, 3.05) is 0 Å².